The zero-order chi connectivity index (χ0) is 26.6. The van der Waals surface area contributed by atoms with E-state index in [0.29, 0.717) is 41.3 Å². The van der Waals surface area contributed by atoms with Gasteiger partial charge in [-0.2, -0.15) is 13.2 Å². The highest BCUT2D eigenvalue weighted by molar-refractivity contribution is 5.99. The first kappa shape index (κ1) is 25.8. The van der Waals surface area contributed by atoms with Crippen LogP contribution < -0.4 is 20.7 Å². The van der Waals surface area contributed by atoms with Gasteiger partial charge in [-0.25, -0.2) is 14.2 Å². The first-order valence-electron chi connectivity index (χ1n) is 11.2. The lowest BCUT2D eigenvalue weighted by Crippen LogP contribution is -2.21. The van der Waals surface area contributed by atoms with Gasteiger partial charge in [0.05, 0.1) is 22.3 Å². The number of rotatable bonds is 8. The number of aromatic amines is 1. The largest absolute Gasteiger partial charge is 0.457 e. The first-order valence-corrected chi connectivity index (χ1v) is 11.2. The Morgan fingerprint density at radius 1 is 1.00 bits per heavy atom. The average molecular weight is 516 g/mol. The van der Waals surface area contributed by atoms with Crippen LogP contribution in [-0.4, -0.2) is 48.1 Å². The van der Waals surface area contributed by atoms with Gasteiger partial charge in [0.25, 0.3) is 0 Å². The second kappa shape index (κ2) is 10.7. The van der Waals surface area contributed by atoms with E-state index in [1.807, 2.05) is 26.2 Å². The van der Waals surface area contributed by atoms with Crippen molar-refractivity contribution in [3.8, 4) is 11.5 Å². The number of amides is 2. The summed E-state index contributed by atoms with van der Waals surface area (Å²) >= 11 is 0. The summed E-state index contributed by atoms with van der Waals surface area (Å²) in [6, 6.07) is 12.6. The van der Waals surface area contributed by atoms with Crippen molar-refractivity contribution < 1.29 is 27.1 Å². The number of carbonyl (C=O) groups is 1. The zero-order valence-corrected chi connectivity index (χ0v) is 19.9. The van der Waals surface area contributed by atoms with Crippen molar-refractivity contribution >= 4 is 34.4 Å². The number of likely N-dealkylation sites (N-methyl/N-ethyl adjacent to an activating group) is 1. The molecule has 0 aliphatic heterocycles. The molecule has 0 radical (unpaired) electrons. The molecule has 0 atom stereocenters. The molecule has 4 rings (SSSR count). The average Bonchev–Trinajstić information content (AvgIpc) is 3.23. The maximum absolute atomic E-state index is 13.9. The lowest BCUT2D eigenvalue weighted by Gasteiger charge is -2.12. The summed E-state index contributed by atoms with van der Waals surface area (Å²) in [7, 11) is 3.98. The minimum absolute atomic E-state index is 0.328. The molecular formula is C25H24F4N6O2. The van der Waals surface area contributed by atoms with Crippen molar-refractivity contribution in [2.45, 2.75) is 6.18 Å². The predicted molar refractivity (Wildman–Crippen MR) is 134 cm³/mol. The van der Waals surface area contributed by atoms with Crippen LogP contribution in [0.2, 0.25) is 0 Å². The molecule has 4 N–H and O–H groups in total. The van der Waals surface area contributed by atoms with E-state index in [2.05, 4.69) is 30.8 Å². The Bertz CT molecular complexity index is 1390. The van der Waals surface area contributed by atoms with Crippen molar-refractivity contribution in [2.75, 3.05) is 43.1 Å². The van der Waals surface area contributed by atoms with Gasteiger partial charge in [-0.05, 0) is 68.7 Å². The van der Waals surface area contributed by atoms with E-state index in [4.69, 9.17) is 4.74 Å². The standard InChI is InChI=1S/C25H24F4N6O2/c1-35(2)12-11-30-23-32-20-10-8-18(14-22(20)33-23)37-17-6-4-16(5-7-17)31-24(36)34-21-13-15(25(27,28)29)3-9-19(21)26/h3-10,13-14H,11-12H2,1-2H3,(H2,30,32,33)(H2,31,34,36). The lowest BCUT2D eigenvalue weighted by atomic mass is 10.2. The summed E-state index contributed by atoms with van der Waals surface area (Å²) in [5.74, 6) is 0.720. The molecule has 0 saturated heterocycles. The van der Waals surface area contributed by atoms with Crippen LogP contribution in [0.15, 0.2) is 60.7 Å². The van der Waals surface area contributed by atoms with Crippen LogP contribution in [-0.2, 0) is 6.18 Å². The minimum atomic E-state index is -4.66. The molecule has 1 aromatic heterocycles. The highest BCUT2D eigenvalue weighted by Gasteiger charge is 2.31. The van der Waals surface area contributed by atoms with Crippen molar-refractivity contribution in [3.05, 3.63) is 72.0 Å². The lowest BCUT2D eigenvalue weighted by molar-refractivity contribution is -0.137. The van der Waals surface area contributed by atoms with Gasteiger partial charge in [-0.15, -0.1) is 0 Å². The van der Waals surface area contributed by atoms with E-state index in [9.17, 15) is 22.4 Å². The number of alkyl halides is 3. The topological polar surface area (TPSA) is 94.3 Å². The number of hydrogen-bond acceptors (Lipinski definition) is 5. The van der Waals surface area contributed by atoms with Crippen LogP contribution in [0.5, 0.6) is 11.5 Å². The second-order valence-electron chi connectivity index (χ2n) is 8.39. The number of nitrogens with zero attached hydrogens (tertiary/aromatic N) is 2. The third-order valence-electron chi connectivity index (χ3n) is 5.19. The Morgan fingerprint density at radius 2 is 1.73 bits per heavy atom. The van der Waals surface area contributed by atoms with Crippen LogP contribution in [0.25, 0.3) is 11.0 Å². The van der Waals surface area contributed by atoms with E-state index >= 15 is 0 Å². The molecule has 0 unspecified atom stereocenters. The highest BCUT2D eigenvalue weighted by Crippen LogP contribution is 2.32. The molecule has 0 spiro atoms. The molecule has 37 heavy (non-hydrogen) atoms. The number of ether oxygens (including phenoxy) is 1. The van der Waals surface area contributed by atoms with E-state index in [1.165, 1.54) is 0 Å². The molecule has 0 bridgehead atoms. The van der Waals surface area contributed by atoms with Gasteiger partial charge in [-0.1, -0.05) is 0 Å². The SMILES string of the molecule is CN(C)CCNc1nc2ccc(Oc3ccc(NC(=O)Nc4cc(C(F)(F)F)ccc4F)cc3)cc2[nH]1. The van der Waals surface area contributed by atoms with Gasteiger partial charge >= 0.3 is 12.2 Å². The molecule has 3 aromatic carbocycles. The van der Waals surface area contributed by atoms with Gasteiger partial charge in [0.2, 0.25) is 5.95 Å². The molecule has 12 heteroatoms. The van der Waals surface area contributed by atoms with E-state index < -0.39 is 29.3 Å². The molecule has 2 amide bonds. The maximum Gasteiger partial charge on any atom is 0.416 e. The molecule has 194 valence electrons. The van der Waals surface area contributed by atoms with Crippen molar-refractivity contribution in [1.29, 1.82) is 0 Å². The number of aromatic nitrogens is 2. The summed E-state index contributed by atoms with van der Waals surface area (Å²) in [5, 5.41) is 7.75. The fourth-order valence-electron chi connectivity index (χ4n) is 3.36. The fraction of sp³-hybridized carbons (Fsp3) is 0.200. The molecular weight excluding hydrogens is 492 g/mol. The van der Waals surface area contributed by atoms with E-state index in [0.717, 1.165) is 24.1 Å². The number of anilines is 3. The number of halogens is 4. The Morgan fingerprint density at radius 3 is 2.43 bits per heavy atom. The number of hydrogen-bond donors (Lipinski definition) is 4. The fourth-order valence-corrected chi connectivity index (χ4v) is 3.36. The zero-order valence-electron chi connectivity index (χ0n) is 19.9. The molecule has 8 nitrogen and oxygen atoms in total. The van der Waals surface area contributed by atoms with Crippen molar-refractivity contribution in [1.82, 2.24) is 14.9 Å². The number of urea groups is 1. The molecule has 0 aliphatic carbocycles. The minimum Gasteiger partial charge on any atom is -0.457 e. The highest BCUT2D eigenvalue weighted by atomic mass is 19.4. The van der Waals surface area contributed by atoms with Gasteiger partial charge in [0, 0.05) is 24.8 Å². The summed E-state index contributed by atoms with van der Waals surface area (Å²) < 4.78 is 58.3. The Balaban J connectivity index is 1.36. The maximum atomic E-state index is 13.9. The smallest absolute Gasteiger partial charge is 0.416 e. The number of imidazole rings is 1. The van der Waals surface area contributed by atoms with Crippen molar-refractivity contribution in [3.63, 3.8) is 0 Å². The summed E-state index contributed by atoms with van der Waals surface area (Å²) in [4.78, 5) is 21.9. The first-order chi connectivity index (χ1) is 17.6. The van der Waals surface area contributed by atoms with Gasteiger partial charge in [0.15, 0.2) is 0 Å². The van der Waals surface area contributed by atoms with Crippen LogP contribution >= 0.6 is 0 Å². The molecule has 0 aliphatic rings. The molecule has 0 saturated carbocycles. The van der Waals surface area contributed by atoms with Gasteiger partial charge in [-0.3, -0.25) is 0 Å². The summed E-state index contributed by atoms with van der Waals surface area (Å²) in [5.41, 5.74) is 0.243. The monoisotopic (exact) mass is 516 g/mol. The van der Waals surface area contributed by atoms with Crippen molar-refractivity contribution in [2.24, 2.45) is 0 Å². The van der Waals surface area contributed by atoms with E-state index in [1.54, 1.807) is 30.3 Å². The molecule has 1 heterocycles. The number of fused-ring (bicyclic) bond motifs is 1. The third-order valence-corrected chi connectivity index (χ3v) is 5.19. The van der Waals surface area contributed by atoms with E-state index in [-0.39, 0.29) is 0 Å². The van der Waals surface area contributed by atoms with Crippen LogP contribution in [0.3, 0.4) is 0 Å². The molecule has 0 fully saturated rings. The Hall–Kier alpha value is -4.32. The Kier molecular flexibility index (Phi) is 7.48. The van der Waals surface area contributed by atoms with Gasteiger partial charge < -0.3 is 30.6 Å². The quantitative estimate of drug-likeness (QED) is 0.211. The number of benzene rings is 3. The van der Waals surface area contributed by atoms with Crippen LogP contribution in [0.4, 0.5) is 39.7 Å². The third kappa shape index (κ3) is 6.88. The second-order valence-corrected chi connectivity index (χ2v) is 8.39. The number of H-pyrrole nitrogens is 1. The molecule has 4 aromatic rings. The summed E-state index contributed by atoms with van der Waals surface area (Å²) in [6.45, 7) is 1.60. The predicted octanol–water partition coefficient (Wildman–Crippen LogP) is 6.13. The Labute approximate surface area is 209 Å². The van der Waals surface area contributed by atoms with Crippen LogP contribution in [0.1, 0.15) is 5.56 Å². The number of carbonyl (C=O) groups excluding carboxylic acids is 1. The van der Waals surface area contributed by atoms with Gasteiger partial charge in [0.1, 0.15) is 17.3 Å². The normalized spacial score (nSPS) is 11.5. The summed E-state index contributed by atoms with van der Waals surface area (Å²) in [6.07, 6.45) is -4.66. The number of nitrogens with one attached hydrogen (secondary N) is 4. The van der Waals surface area contributed by atoms with Crippen LogP contribution in [0, 0.1) is 5.82 Å².